The van der Waals surface area contributed by atoms with Gasteiger partial charge in [0.25, 0.3) is 0 Å². The van der Waals surface area contributed by atoms with Crippen molar-refractivity contribution in [3.05, 3.63) is 59.4 Å². The van der Waals surface area contributed by atoms with E-state index in [-0.39, 0.29) is 56.0 Å². The highest BCUT2D eigenvalue weighted by Gasteiger charge is 2.51. The summed E-state index contributed by atoms with van der Waals surface area (Å²) >= 11 is 0. The highest BCUT2D eigenvalue weighted by Crippen LogP contribution is 2.30. The van der Waals surface area contributed by atoms with E-state index < -0.39 is 24.1 Å². The van der Waals surface area contributed by atoms with Crippen molar-refractivity contribution in [2.75, 3.05) is 40.9 Å². The Balaban J connectivity index is 1.57. The minimum atomic E-state index is -1.08. The number of aliphatic carboxylic acids is 1. The fourth-order valence-electron chi connectivity index (χ4n) is 5.56. The van der Waals surface area contributed by atoms with Gasteiger partial charge in [-0.2, -0.15) is 0 Å². The van der Waals surface area contributed by atoms with Crippen LogP contribution in [-0.2, 0) is 32.1 Å². The van der Waals surface area contributed by atoms with Crippen LogP contribution in [0.25, 0.3) is 0 Å². The van der Waals surface area contributed by atoms with Gasteiger partial charge in [-0.15, -0.1) is 0 Å². The zero-order chi connectivity index (χ0) is 29.7. The van der Waals surface area contributed by atoms with Crippen LogP contribution in [0.15, 0.2) is 42.5 Å². The Hall–Kier alpha value is -4.19. The molecule has 3 atom stereocenters. The van der Waals surface area contributed by atoms with Gasteiger partial charge in [-0.3, -0.25) is 24.1 Å². The standard InChI is InChI=1S/C29H35FN4O7/c1-32-17-25(35)34-21(9-11-26(36)37)29(39)33(13-12-18-6-10-23(40-2)24(14-18)41-3)16-22(34)27(32)28(38)31-15-19-4-7-20(30)8-5-19/h4-8,10,14,21-22,27H,9,11-13,15-17H2,1-3H3,(H,31,38)(H,36,37)/t21-,22+,27?/m0/s1. The van der Waals surface area contributed by atoms with Crippen LogP contribution in [0.1, 0.15) is 24.0 Å². The molecule has 2 aliphatic heterocycles. The van der Waals surface area contributed by atoms with E-state index >= 15 is 0 Å². The molecule has 0 radical (unpaired) electrons. The van der Waals surface area contributed by atoms with E-state index in [2.05, 4.69) is 5.32 Å². The number of likely N-dealkylation sites (N-methyl/N-ethyl adjacent to an activating group) is 1. The van der Waals surface area contributed by atoms with Crippen LogP contribution in [-0.4, -0.2) is 103 Å². The largest absolute Gasteiger partial charge is 0.493 e. The number of benzene rings is 2. The Labute approximate surface area is 237 Å². The number of methoxy groups -OCH3 is 2. The number of ether oxygens (including phenoxy) is 2. The molecule has 0 aromatic heterocycles. The number of carbonyl (C=O) groups excluding carboxylic acids is 3. The SMILES string of the molecule is COc1ccc(CCN2C[C@@H]3C(C(=O)NCc4ccc(F)cc4)N(C)CC(=O)N3[C@@H](CCC(=O)O)C2=O)cc1OC. The topological polar surface area (TPSA) is 129 Å². The van der Waals surface area contributed by atoms with Crippen LogP contribution in [0.4, 0.5) is 4.39 Å². The first kappa shape index (κ1) is 29.8. The first-order valence-electron chi connectivity index (χ1n) is 13.4. The summed E-state index contributed by atoms with van der Waals surface area (Å²) in [7, 11) is 4.75. The third-order valence-corrected chi connectivity index (χ3v) is 7.61. The van der Waals surface area contributed by atoms with Crippen molar-refractivity contribution in [3.63, 3.8) is 0 Å². The maximum atomic E-state index is 13.6. The smallest absolute Gasteiger partial charge is 0.303 e. The summed E-state index contributed by atoms with van der Waals surface area (Å²) in [6, 6.07) is 8.78. The summed E-state index contributed by atoms with van der Waals surface area (Å²) in [4.78, 5) is 56.4. The van der Waals surface area contributed by atoms with Crippen molar-refractivity contribution in [1.29, 1.82) is 0 Å². The predicted molar refractivity (Wildman–Crippen MR) is 146 cm³/mol. The number of halogens is 1. The number of carboxylic acid groups (broad SMARTS) is 1. The summed E-state index contributed by atoms with van der Waals surface area (Å²) in [5.41, 5.74) is 1.60. The van der Waals surface area contributed by atoms with Crippen LogP contribution in [0.5, 0.6) is 11.5 Å². The average molecular weight is 571 g/mol. The zero-order valence-corrected chi connectivity index (χ0v) is 23.3. The molecule has 12 heteroatoms. The molecule has 1 unspecified atom stereocenters. The molecule has 2 N–H and O–H groups in total. The Bertz CT molecular complexity index is 1290. The maximum Gasteiger partial charge on any atom is 0.303 e. The van der Waals surface area contributed by atoms with E-state index in [0.717, 1.165) is 5.56 Å². The minimum absolute atomic E-state index is 0.0586. The summed E-state index contributed by atoms with van der Waals surface area (Å²) in [6.45, 7) is 0.479. The molecule has 0 aliphatic carbocycles. The molecule has 4 rings (SSSR count). The van der Waals surface area contributed by atoms with Gasteiger partial charge in [0, 0.05) is 26.1 Å². The lowest BCUT2D eigenvalue weighted by Gasteiger charge is -2.53. The number of carbonyl (C=O) groups is 4. The van der Waals surface area contributed by atoms with Gasteiger partial charge in [0.1, 0.15) is 17.9 Å². The zero-order valence-electron chi connectivity index (χ0n) is 23.3. The van der Waals surface area contributed by atoms with Crippen molar-refractivity contribution in [2.24, 2.45) is 0 Å². The number of fused-ring (bicyclic) bond motifs is 1. The second kappa shape index (κ2) is 13.0. The Morgan fingerprint density at radius 2 is 1.73 bits per heavy atom. The molecule has 41 heavy (non-hydrogen) atoms. The number of hydrogen-bond donors (Lipinski definition) is 2. The van der Waals surface area contributed by atoms with Gasteiger partial charge < -0.3 is 29.7 Å². The van der Waals surface area contributed by atoms with Gasteiger partial charge in [-0.25, -0.2) is 4.39 Å². The lowest BCUT2D eigenvalue weighted by atomic mass is 9.91. The maximum absolute atomic E-state index is 13.6. The minimum Gasteiger partial charge on any atom is -0.493 e. The third-order valence-electron chi connectivity index (χ3n) is 7.61. The van der Waals surface area contributed by atoms with Gasteiger partial charge in [-0.05, 0) is 55.3 Å². The number of nitrogens with one attached hydrogen (secondary N) is 1. The van der Waals surface area contributed by atoms with Gasteiger partial charge in [-0.1, -0.05) is 18.2 Å². The number of nitrogens with zero attached hydrogens (tertiary/aromatic N) is 3. The average Bonchev–Trinajstić information content (AvgIpc) is 2.95. The van der Waals surface area contributed by atoms with E-state index in [4.69, 9.17) is 9.47 Å². The molecule has 3 amide bonds. The van der Waals surface area contributed by atoms with Gasteiger partial charge in [0.05, 0.1) is 26.8 Å². The lowest BCUT2D eigenvalue weighted by Crippen LogP contribution is -2.74. The first-order valence-corrected chi connectivity index (χ1v) is 13.4. The molecule has 220 valence electrons. The molecule has 0 bridgehead atoms. The molecule has 2 aliphatic rings. The van der Waals surface area contributed by atoms with Gasteiger partial charge in [0.15, 0.2) is 11.5 Å². The monoisotopic (exact) mass is 570 g/mol. The molecule has 2 heterocycles. The first-order chi connectivity index (χ1) is 19.6. The fourth-order valence-corrected chi connectivity index (χ4v) is 5.56. The highest BCUT2D eigenvalue weighted by molar-refractivity contribution is 5.93. The van der Waals surface area contributed by atoms with E-state index in [1.54, 1.807) is 42.2 Å². The second-order valence-corrected chi connectivity index (χ2v) is 10.2. The molecule has 0 saturated carbocycles. The van der Waals surface area contributed by atoms with Crippen molar-refractivity contribution in [1.82, 2.24) is 20.0 Å². The van der Waals surface area contributed by atoms with Crippen LogP contribution in [0.3, 0.4) is 0 Å². The Morgan fingerprint density at radius 1 is 1.05 bits per heavy atom. The van der Waals surface area contributed by atoms with Crippen molar-refractivity contribution < 1.29 is 38.1 Å². The van der Waals surface area contributed by atoms with Gasteiger partial charge in [0.2, 0.25) is 17.7 Å². The highest BCUT2D eigenvalue weighted by atomic mass is 19.1. The van der Waals surface area contributed by atoms with E-state index in [1.165, 1.54) is 24.1 Å². The molecule has 11 nitrogen and oxygen atoms in total. The Morgan fingerprint density at radius 3 is 2.39 bits per heavy atom. The number of hydrogen-bond acceptors (Lipinski definition) is 7. The second-order valence-electron chi connectivity index (χ2n) is 10.2. The van der Waals surface area contributed by atoms with Crippen LogP contribution in [0.2, 0.25) is 0 Å². The van der Waals surface area contributed by atoms with Gasteiger partial charge >= 0.3 is 5.97 Å². The number of amides is 3. The molecule has 2 aromatic rings. The van der Waals surface area contributed by atoms with Crippen molar-refractivity contribution >= 4 is 23.7 Å². The van der Waals surface area contributed by atoms with Crippen molar-refractivity contribution in [2.45, 2.75) is 43.9 Å². The van der Waals surface area contributed by atoms with Crippen LogP contribution in [0, 0.1) is 5.82 Å². The number of carboxylic acids is 1. The predicted octanol–water partition coefficient (Wildman–Crippen LogP) is 1.29. The van der Waals surface area contributed by atoms with E-state index in [1.807, 2.05) is 12.1 Å². The van der Waals surface area contributed by atoms with E-state index in [9.17, 15) is 28.7 Å². The summed E-state index contributed by atoms with van der Waals surface area (Å²) in [6.07, 6.45) is 0.111. The number of piperazine rings is 2. The molecule has 2 aromatic carbocycles. The normalized spacial score (nSPS) is 20.9. The summed E-state index contributed by atoms with van der Waals surface area (Å²) in [5, 5.41) is 12.2. The molecule has 2 fully saturated rings. The summed E-state index contributed by atoms with van der Waals surface area (Å²) < 4.78 is 24.0. The Kier molecular flexibility index (Phi) is 9.43. The summed E-state index contributed by atoms with van der Waals surface area (Å²) in [5.74, 6) is -1.34. The van der Waals surface area contributed by atoms with Crippen LogP contribution < -0.4 is 14.8 Å². The quantitative estimate of drug-likeness (QED) is 0.414. The molecule has 2 saturated heterocycles. The van der Waals surface area contributed by atoms with Crippen LogP contribution >= 0.6 is 0 Å². The lowest BCUT2D eigenvalue weighted by molar-refractivity contribution is -0.168. The number of rotatable bonds is 11. The van der Waals surface area contributed by atoms with E-state index in [0.29, 0.717) is 30.0 Å². The fraction of sp³-hybridized carbons (Fsp3) is 0.448. The third kappa shape index (κ3) is 6.76. The molecule has 0 spiro atoms. The molecular weight excluding hydrogens is 535 g/mol. The molecular formula is C29H35FN4O7. The van der Waals surface area contributed by atoms with Crippen molar-refractivity contribution in [3.8, 4) is 11.5 Å².